The number of carbonyl (C=O) groups excluding carboxylic acids is 1. The molecule has 0 fully saturated rings. The van der Waals surface area contributed by atoms with Gasteiger partial charge in [0.25, 0.3) is 0 Å². The molecule has 0 aliphatic rings. The van der Waals surface area contributed by atoms with Crippen molar-refractivity contribution < 1.29 is 9.90 Å². The molecule has 1 N–H and O–H groups in total. The fraction of sp³-hybridized carbons (Fsp3) is 0.533. The van der Waals surface area contributed by atoms with Crippen molar-refractivity contribution >= 4 is 5.78 Å². The normalized spacial score (nSPS) is 11.9. The van der Waals surface area contributed by atoms with Crippen LogP contribution in [0.4, 0.5) is 0 Å². The SMILES string of the molecule is CC(C)C(=O)c1cc(CC(C)(C)C)ccc1O. The topological polar surface area (TPSA) is 37.3 Å². The number of benzene rings is 1. The predicted molar refractivity (Wildman–Crippen MR) is 70.4 cm³/mol. The van der Waals surface area contributed by atoms with Crippen LogP contribution in [0, 0.1) is 11.3 Å². The van der Waals surface area contributed by atoms with E-state index in [4.69, 9.17) is 0 Å². The number of aromatic hydroxyl groups is 1. The summed E-state index contributed by atoms with van der Waals surface area (Å²) in [6.45, 7) is 10.2. The fourth-order valence-corrected chi connectivity index (χ4v) is 1.81. The van der Waals surface area contributed by atoms with Gasteiger partial charge >= 0.3 is 0 Å². The molecule has 0 bridgehead atoms. The van der Waals surface area contributed by atoms with Crippen LogP contribution in [0.5, 0.6) is 5.75 Å². The first kappa shape index (κ1) is 13.8. The maximum Gasteiger partial charge on any atom is 0.169 e. The minimum absolute atomic E-state index is 0.00161. The molecule has 1 aromatic rings. The van der Waals surface area contributed by atoms with E-state index in [-0.39, 0.29) is 22.9 Å². The van der Waals surface area contributed by atoms with E-state index in [1.807, 2.05) is 26.0 Å². The second kappa shape index (κ2) is 4.91. The van der Waals surface area contributed by atoms with Gasteiger partial charge in [0, 0.05) is 5.92 Å². The lowest BCUT2D eigenvalue weighted by molar-refractivity contribution is 0.0936. The van der Waals surface area contributed by atoms with Crippen LogP contribution >= 0.6 is 0 Å². The summed E-state index contributed by atoms with van der Waals surface area (Å²) in [5.41, 5.74) is 1.72. The highest BCUT2D eigenvalue weighted by atomic mass is 16.3. The largest absolute Gasteiger partial charge is 0.507 e. The molecule has 0 aromatic heterocycles. The number of Topliss-reactive ketones (excluding diaryl/α,β-unsaturated/α-hetero) is 1. The molecule has 0 saturated carbocycles. The van der Waals surface area contributed by atoms with Crippen LogP contribution in [-0.2, 0) is 6.42 Å². The number of rotatable bonds is 3. The van der Waals surface area contributed by atoms with Gasteiger partial charge in [-0.2, -0.15) is 0 Å². The zero-order valence-electron chi connectivity index (χ0n) is 11.4. The maximum atomic E-state index is 11.9. The van der Waals surface area contributed by atoms with Crippen molar-refractivity contribution in [2.75, 3.05) is 0 Å². The molecule has 0 amide bonds. The number of hydrogen-bond acceptors (Lipinski definition) is 2. The average molecular weight is 234 g/mol. The van der Waals surface area contributed by atoms with Crippen LogP contribution in [0.2, 0.25) is 0 Å². The first-order valence-corrected chi connectivity index (χ1v) is 6.07. The van der Waals surface area contributed by atoms with Crippen molar-refractivity contribution in [3.8, 4) is 5.75 Å². The molecular weight excluding hydrogens is 212 g/mol. The average Bonchev–Trinajstić information content (AvgIpc) is 2.17. The molecule has 1 aromatic carbocycles. The molecule has 0 aliphatic heterocycles. The Bertz CT molecular complexity index is 411. The Hall–Kier alpha value is -1.31. The van der Waals surface area contributed by atoms with Gasteiger partial charge in [0.2, 0.25) is 0 Å². The molecule has 0 atom stereocenters. The van der Waals surface area contributed by atoms with Gasteiger partial charge in [0.1, 0.15) is 5.75 Å². The summed E-state index contributed by atoms with van der Waals surface area (Å²) < 4.78 is 0. The Morgan fingerprint density at radius 3 is 2.35 bits per heavy atom. The van der Waals surface area contributed by atoms with Crippen LogP contribution in [0.3, 0.4) is 0 Å². The lowest BCUT2D eigenvalue weighted by atomic mass is 9.87. The summed E-state index contributed by atoms with van der Waals surface area (Å²) in [5.74, 6) is -0.00888. The van der Waals surface area contributed by atoms with Crippen molar-refractivity contribution in [2.45, 2.75) is 41.0 Å². The summed E-state index contributed by atoms with van der Waals surface area (Å²) in [5, 5.41) is 9.73. The van der Waals surface area contributed by atoms with Crippen molar-refractivity contribution in [3.05, 3.63) is 29.3 Å². The molecule has 0 heterocycles. The summed E-state index contributed by atoms with van der Waals surface area (Å²) in [4.78, 5) is 11.9. The Balaban J connectivity index is 3.07. The predicted octanol–water partition coefficient (Wildman–Crippen LogP) is 3.82. The highest BCUT2D eigenvalue weighted by molar-refractivity contribution is 5.99. The first-order valence-electron chi connectivity index (χ1n) is 6.07. The number of hydrogen-bond donors (Lipinski definition) is 1. The van der Waals surface area contributed by atoms with Gasteiger partial charge in [0.05, 0.1) is 5.56 Å². The molecule has 0 saturated heterocycles. The quantitative estimate of drug-likeness (QED) is 0.807. The van der Waals surface area contributed by atoms with E-state index >= 15 is 0 Å². The second-order valence-electron chi connectivity index (χ2n) is 6.11. The van der Waals surface area contributed by atoms with Gasteiger partial charge in [-0.3, -0.25) is 4.79 Å². The molecule has 0 radical (unpaired) electrons. The molecular formula is C15H22O2. The highest BCUT2D eigenvalue weighted by Gasteiger charge is 2.17. The third-order valence-electron chi connectivity index (χ3n) is 2.59. The van der Waals surface area contributed by atoms with E-state index in [1.54, 1.807) is 6.07 Å². The van der Waals surface area contributed by atoms with Crippen LogP contribution in [-0.4, -0.2) is 10.9 Å². The Labute approximate surface area is 104 Å². The van der Waals surface area contributed by atoms with Crippen molar-refractivity contribution in [1.29, 1.82) is 0 Å². The van der Waals surface area contributed by atoms with E-state index in [0.717, 1.165) is 12.0 Å². The van der Waals surface area contributed by atoms with Crippen LogP contribution in [0.15, 0.2) is 18.2 Å². The molecule has 1 rings (SSSR count). The van der Waals surface area contributed by atoms with Crippen molar-refractivity contribution in [1.82, 2.24) is 0 Å². The van der Waals surface area contributed by atoms with Crippen LogP contribution in [0.25, 0.3) is 0 Å². The van der Waals surface area contributed by atoms with E-state index in [2.05, 4.69) is 20.8 Å². The summed E-state index contributed by atoms with van der Waals surface area (Å²) in [6.07, 6.45) is 0.894. The first-order chi connectivity index (χ1) is 7.70. The number of phenolic OH excluding ortho intramolecular Hbond substituents is 1. The molecule has 0 spiro atoms. The number of phenols is 1. The third kappa shape index (κ3) is 3.88. The maximum absolute atomic E-state index is 11.9. The molecule has 94 valence electrons. The number of carbonyl (C=O) groups is 1. The van der Waals surface area contributed by atoms with E-state index in [9.17, 15) is 9.90 Å². The zero-order chi connectivity index (χ0) is 13.2. The standard InChI is InChI=1S/C15H22O2/c1-10(2)14(17)12-8-11(6-7-13(12)16)9-15(3,4)5/h6-8,10,16H,9H2,1-5H3. The molecule has 2 heteroatoms. The Morgan fingerprint density at radius 2 is 1.88 bits per heavy atom. The van der Waals surface area contributed by atoms with Gasteiger partial charge in [0.15, 0.2) is 5.78 Å². The summed E-state index contributed by atoms with van der Waals surface area (Å²) in [7, 11) is 0. The minimum atomic E-state index is -0.0919. The van der Waals surface area contributed by atoms with Crippen molar-refractivity contribution in [2.24, 2.45) is 11.3 Å². The van der Waals surface area contributed by atoms with Gasteiger partial charge < -0.3 is 5.11 Å². The number of ketones is 1. The van der Waals surface area contributed by atoms with Crippen molar-refractivity contribution in [3.63, 3.8) is 0 Å². The monoisotopic (exact) mass is 234 g/mol. The fourth-order valence-electron chi connectivity index (χ4n) is 1.81. The van der Waals surface area contributed by atoms with Gasteiger partial charge in [-0.15, -0.1) is 0 Å². The second-order valence-corrected chi connectivity index (χ2v) is 6.11. The smallest absolute Gasteiger partial charge is 0.169 e. The van der Waals surface area contributed by atoms with E-state index in [1.165, 1.54) is 0 Å². The summed E-state index contributed by atoms with van der Waals surface area (Å²) >= 11 is 0. The summed E-state index contributed by atoms with van der Waals surface area (Å²) in [6, 6.07) is 5.33. The van der Waals surface area contributed by atoms with Crippen LogP contribution < -0.4 is 0 Å². The molecule has 2 nitrogen and oxygen atoms in total. The minimum Gasteiger partial charge on any atom is -0.507 e. The molecule has 0 aliphatic carbocycles. The molecule has 17 heavy (non-hydrogen) atoms. The van der Waals surface area contributed by atoms with Gasteiger partial charge in [-0.25, -0.2) is 0 Å². The van der Waals surface area contributed by atoms with Gasteiger partial charge in [-0.05, 0) is 29.5 Å². The van der Waals surface area contributed by atoms with E-state index in [0.29, 0.717) is 5.56 Å². The Morgan fingerprint density at radius 1 is 1.29 bits per heavy atom. The van der Waals surface area contributed by atoms with E-state index < -0.39 is 0 Å². The lowest BCUT2D eigenvalue weighted by Gasteiger charge is -2.19. The third-order valence-corrected chi connectivity index (χ3v) is 2.59. The lowest BCUT2D eigenvalue weighted by Crippen LogP contribution is -2.11. The Kier molecular flexibility index (Phi) is 3.97. The highest BCUT2D eigenvalue weighted by Crippen LogP contribution is 2.26. The van der Waals surface area contributed by atoms with Gasteiger partial charge in [-0.1, -0.05) is 40.7 Å². The van der Waals surface area contributed by atoms with Crippen LogP contribution in [0.1, 0.15) is 50.5 Å². The zero-order valence-corrected chi connectivity index (χ0v) is 11.4. The molecule has 0 unspecified atom stereocenters.